The van der Waals surface area contributed by atoms with Crippen molar-refractivity contribution in [2.45, 2.75) is 12.8 Å². The third-order valence-corrected chi connectivity index (χ3v) is 4.88. The van der Waals surface area contributed by atoms with Crippen LogP contribution in [0, 0.1) is 0 Å². The average molecular weight is 332 g/mol. The van der Waals surface area contributed by atoms with Crippen molar-refractivity contribution in [2.75, 3.05) is 22.9 Å². The molecule has 2 aromatic rings. The van der Waals surface area contributed by atoms with E-state index in [-0.39, 0.29) is 11.8 Å². The molecule has 0 fully saturated rings. The van der Waals surface area contributed by atoms with Gasteiger partial charge in [0.15, 0.2) is 0 Å². The first-order chi connectivity index (χ1) is 10.8. The minimum Gasteiger partial charge on any atom is -0.324 e. The molecule has 2 aromatic carbocycles. The second-order valence-electron chi connectivity index (χ2n) is 5.37. The van der Waals surface area contributed by atoms with E-state index in [9.17, 15) is 13.2 Å². The van der Waals surface area contributed by atoms with E-state index in [1.165, 1.54) is 7.05 Å². The first kappa shape index (κ1) is 17.0. The summed E-state index contributed by atoms with van der Waals surface area (Å²) in [5.74, 6) is -0.529. The van der Waals surface area contributed by atoms with E-state index in [4.69, 9.17) is 0 Å². The van der Waals surface area contributed by atoms with Crippen LogP contribution >= 0.6 is 0 Å². The highest BCUT2D eigenvalue weighted by Gasteiger charge is 2.19. The Hall–Kier alpha value is -2.34. The first-order valence-electron chi connectivity index (χ1n) is 7.19. The minimum atomic E-state index is -3.40. The normalized spacial score (nSPS) is 12.5. The minimum absolute atomic E-state index is 0.189. The molecular weight excluding hydrogens is 312 g/mol. The molecule has 0 heterocycles. The fourth-order valence-electron chi connectivity index (χ4n) is 2.17. The highest BCUT2D eigenvalue weighted by Crippen LogP contribution is 2.27. The summed E-state index contributed by atoms with van der Waals surface area (Å²) in [4.78, 5) is 12.5. The van der Waals surface area contributed by atoms with Gasteiger partial charge >= 0.3 is 0 Å². The van der Waals surface area contributed by atoms with Gasteiger partial charge in [-0.2, -0.15) is 0 Å². The molecule has 0 aliphatic heterocycles. The number of para-hydroxylation sites is 2. The van der Waals surface area contributed by atoms with Gasteiger partial charge in [0, 0.05) is 7.05 Å². The Morgan fingerprint density at radius 3 is 2.22 bits per heavy atom. The smallest absolute Gasteiger partial charge is 0.232 e. The largest absolute Gasteiger partial charge is 0.324 e. The second-order valence-corrected chi connectivity index (χ2v) is 7.38. The average Bonchev–Trinajstić information content (AvgIpc) is 2.54. The summed E-state index contributed by atoms with van der Waals surface area (Å²) in [5, 5.41) is 2.82. The lowest BCUT2D eigenvalue weighted by Gasteiger charge is -2.21. The monoisotopic (exact) mass is 332 g/mol. The highest BCUT2D eigenvalue weighted by molar-refractivity contribution is 7.92. The van der Waals surface area contributed by atoms with Crippen LogP contribution in [0.1, 0.15) is 18.4 Å². The van der Waals surface area contributed by atoms with Crippen LogP contribution < -0.4 is 9.62 Å². The van der Waals surface area contributed by atoms with Crippen molar-refractivity contribution in [3.8, 4) is 0 Å². The molecule has 0 aliphatic rings. The van der Waals surface area contributed by atoms with Crippen LogP contribution in [0.2, 0.25) is 0 Å². The fraction of sp³-hybridized carbons (Fsp3) is 0.235. The maximum Gasteiger partial charge on any atom is 0.232 e. The first-order valence-corrected chi connectivity index (χ1v) is 9.04. The summed E-state index contributed by atoms with van der Waals surface area (Å²) >= 11 is 0. The van der Waals surface area contributed by atoms with Crippen LogP contribution in [0.15, 0.2) is 54.6 Å². The Labute approximate surface area is 137 Å². The maximum atomic E-state index is 12.5. The lowest BCUT2D eigenvalue weighted by Crippen LogP contribution is -2.27. The summed E-state index contributed by atoms with van der Waals surface area (Å²) in [7, 11) is -1.95. The number of sulfonamides is 1. The molecule has 1 atom stereocenters. The van der Waals surface area contributed by atoms with Gasteiger partial charge in [0.2, 0.25) is 15.9 Å². The highest BCUT2D eigenvalue weighted by atomic mass is 32.2. The molecule has 0 aliphatic carbocycles. The van der Waals surface area contributed by atoms with E-state index in [0.717, 1.165) is 16.1 Å². The van der Waals surface area contributed by atoms with Crippen LogP contribution in [-0.2, 0) is 14.8 Å². The van der Waals surface area contributed by atoms with E-state index in [2.05, 4.69) is 5.32 Å². The van der Waals surface area contributed by atoms with Gasteiger partial charge in [-0.1, -0.05) is 42.5 Å². The molecule has 0 radical (unpaired) electrons. The van der Waals surface area contributed by atoms with Crippen LogP contribution in [0.4, 0.5) is 11.4 Å². The quantitative estimate of drug-likeness (QED) is 0.915. The molecule has 1 N–H and O–H groups in total. The van der Waals surface area contributed by atoms with Crippen molar-refractivity contribution in [1.82, 2.24) is 0 Å². The Balaban J connectivity index is 2.25. The number of nitrogens with zero attached hydrogens (tertiary/aromatic N) is 1. The predicted molar refractivity (Wildman–Crippen MR) is 93.2 cm³/mol. The molecular formula is C17H20N2O3S. The van der Waals surface area contributed by atoms with E-state index >= 15 is 0 Å². The van der Waals surface area contributed by atoms with Crippen molar-refractivity contribution in [3.63, 3.8) is 0 Å². The van der Waals surface area contributed by atoms with Crippen molar-refractivity contribution in [1.29, 1.82) is 0 Å². The Morgan fingerprint density at radius 1 is 1.04 bits per heavy atom. The molecule has 0 saturated heterocycles. The number of carbonyl (C=O) groups is 1. The van der Waals surface area contributed by atoms with Crippen molar-refractivity contribution in [2.24, 2.45) is 0 Å². The van der Waals surface area contributed by atoms with Gasteiger partial charge in [-0.05, 0) is 24.6 Å². The van der Waals surface area contributed by atoms with E-state index in [1.54, 1.807) is 24.3 Å². The number of rotatable bonds is 5. The van der Waals surface area contributed by atoms with Gasteiger partial charge in [0.1, 0.15) is 0 Å². The summed E-state index contributed by atoms with van der Waals surface area (Å²) in [6.45, 7) is 1.81. The van der Waals surface area contributed by atoms with Crippen LogP contribution in [0.5, 0.6) is 0 Å². The molecule has 6 heteroatoms. The number of anilines is 2. The lowest BCUT2D eigenvalue weighted by atomic mass is 10.0. The lowest BCUT2D eigenvalue weighted by molar-refractivity contribution is -0.117. The molecule has 1 unspecified atom stereocenters. The van der Waals surface area contributed by atoms with Crippen molar-refractivity contribution in [3.05, 3.63) is 60.2 Å². The van der Waals surface area contributed by atoms with E-state index in [0.29, 0.717) is 11.4 Å². The number of hydrogen-bond acceptors (Lipinski definition) is 3. The van der Waals surface area contributed by atoms with Crippen molar-refractivity contribution < 1.29 is 13.2 Å². The number of carbonyl (C=O) groups excluding carboxylic acids is 1. The Bertz CT molecular complexity index is 788. The number of nitrogens with one attached hydrogen (secondary N) is 1. The zero-order valence-corrected chi connectivity index (χ0v) is 14.2. The molecule has 23 heavy (non-hydrogen) atoms. The van der Waals surface area contributed by atoms with Crippen LogP contribution in [0.25, 0.3) is 0 Å². The van der Waals surface area contributed by atoms with E-state index in [1.807, 2.05) is 37.3 Å². The molecule has 0 saturated carbocycles. The second kappa shape index (κ2) is 6.83. The number of amides is 1. The fourth-order valence-corrected chi connectivity index (χ4v) is 2.68. The Morgan fingerprint density at radius 2 is 1.61 bits per heavy atom. The summed E-state index contributed by atoms with van der Waals surface area (Å²) in [6, 6.07) is 16.3. The van der Waals surface area contributed by atoms with Gasteiger partial charge in [0.05, 0.1) is 23.5 Å². The number of hydrogen-bond donors (Lipinski definition) is 1. The summed E-state index contributed by atoms with van der Waals surface area (Å²) in [6.07, 6.45) is 1.12. The maximum absolute atomic E-state index is 12.5. The van der Waals surface area contributed by atoms with Crippen LogP contribution in [-0.4, -0.2) is 27.6 Å². The molecule has 0 aromatic heterocycles. The van der Waals surface area contributed by atoms with Crippen LogP contribution in [0.3, 0.4) is 0 Å². The van der Waals surface area contributed by atoms with Gasteiger partial charge < -0.3 is 5.32 Å². The third kappa shape index (κ3) is 4.10. The third-order valence-electron chi connectivity index (χ3n) is 3.69. The van der Waals surface area contributed by atoms with Gasteiger partial charge in [0.25, 0.3) is 0 Å². The molecule has 0 spiro atoms. The molecule has 122 valence electrons. The van der Waals surface area contributed by atoms with Gasteiger partial charge in [-0.3, -0.25) is 9.10 Å². The molecule has 2 rings (SSSR count). The van der Waals surface area contributed by atoms with Gasteiger partial charge in [-0.15, -0.1) is 0 Å². The topological polar surface area (TPSA) is 66.5 Å². The predicted octanol–water partition coefficient (Wildman–Crippen LogP) is 2.82. The van der Waals surface area contributed by atoms with E-state index < -0.39 is 10.0 Å². The molecule has 0 bridgehead atoms. The van der Waals surface area contributed by atoms with Crippen molar-refractivity contribution >= 4 is 27.3 Å². The zero-order valence-electron chi connectivity index (χ0n) is 13.4. The molecule has 1 amide bonds. The summed E-state index contributed by atoms with van der Waals surface area (Å²) < 4.78 is 24.6. The standard InChI is InChI=1S/C17H20N2O3S/c1-13(14-9-5-4-6-10-14)17(20)18-15-11-7-8-12-16(15)19(2)23(3,21)22/h4-13H,1-3H3,(H,18,20). The number of benzene rings is 2. The molecule has 5 nitrogen and oxygen atoms in total. The van der Waals surface area contributed by atoms with Gasteiger partial charge in [-0.25, -0.2) is 8.42 Å². The zero-order chi connectivity index (χ0) is 17.0. The Kier molecular flexibility index (Phi) is 5.05. The summed E-state index contributed by atoms with van der Waals surface area (Å²) in [5.41, 5.74) is 1.80. The SMILES string of the molecule is CC(C(=O)Nc1ccccc1N(C)S(C)(=O)=O)c1ccccc1.